The van der Waals surface area contributed by atoms with Crippen LogP contribution in [0.15, 0.2) is 0 Å². The molecule has 1 saturated heterocycles. The number of alkyl halides is 4. The average molecular weight is 242 g/mol. The van der Waals surface area contributed by atoms with Crippen molar-refractivity contribution in [3.63, 3.8) is 0 Å². The molecule has 1 fully saturated rings. The van der Waals surface area contributed by atoms with Gasteiger partial charge in [-0.15, -0.1) is 0 Å². The Balaban J connectivity index is 2.79. The largest absolute Gasteiger partial charge is 0.383 e. The van der Waals surface area contributed by atoms with Crippen molar-refractivity contribution >= 4 is 5.91 Å². The second kappa shape index (κ2) is 4.57. The minimum atomic E-state index is -4.59. The van der Waals surface area contributed by atoms with E-state index in [9.17, 15) is 22.4 Å². The number of carbonyl (C=O) groups excluding carboxylic acids is 1. The fourth-order valence-corrected chi connectivity index (χ4v) is 1.59. The van der Waals surface area contributed by atoms with Gasteiger partial charge in [0.1, 0.15) is 0 Å². The van der Waals surface area contributed by atoms with Crippen LogP contribution in [-0.4, -0.2) is 48.3 Å². The number of piperazine rings is 1. The van der Waals surface area contributed by atoms with E-state index in [1.54, 1.807) is 13.8 Å². The van der Waals surface area contributed by atoms with Gasteiger partial charge < -0.3 is 10.2 Å². The molecule has 1 heterocycles. The van der Waals surface area contributed by atoms with Crippen LogP contribution in [-0.2, 0) is 4.79 Å². The van der Waals surface area contributed by atoms with Gasteiger partial charge in [0.15, 0.2) is 0 Å². The minimum absolute atomic E-state index is 0.0162. The Morgan fingerprint density at radius 2 is 2.00 bits per heavy atom. The highest BCUT2D eigenvalue weighted by Gasteiger charge is 2.52. The van der Waals surface area contributed by atoms with E-state index in [4.69, 9.17) is 0 Å². The summed E-state index contributed by atoms with van der Waals surface area (Å²) in [5.74, 6) is -6.38. The SMILES string of the molecule is CC1CN(C(=O)C(F)(F)C(F)F)C(C)CN1. The maximum absolute atomic E-state index is 12.9. The molecule has 1 amide bonds. The summed E-state index contributed by atoms with van der Waals surface area (Å²) in [6.07, 6.45) is -3.96. The van der Waals surface area contributed by atoms with Crippen LogP contribution in [0, 0.1) is 0 Å². The Morgan fingerprint density at radius 1 is 1.44 bits per heavy atom. The first-order valence-corrected chi connectivity index (χ1v) is 4.97. The molecule has 0 spiro atoms. The molecule has 3 nitrogen and oxygen atoms in total. The molecular formula is C9H14F4N2O. The molecule has 0 saturated carbocycles. The van der Waals surface area contributed by atoms with E-state index < -0.39 is 24.3 Å². The molecule has 1 rings (SSSR count). The summed E-state index contributed by atoms with van der Waals surface area (Å²) in [7, 11) is 0. The van der Waals surface area contributed by atoms with Crippen LogP contribution in [0.4, 0.5) is 17.6 Å². The van der Waals surface area contributed by atoms with Crippen molar-refractivity contribution in [2.24, 2.45) is 0 Å². The molecule has 16 heavy (non-hydrogen) atoms. The number of nitrogens with zero attached hydrogens (tertiary/aromatic N) is 1. The lowest BCUT2D eigenvalue weighted by atomic mass is 10.1. The topological polar surface area (TPSA) is 32.3 Å². The maximum Gasteiger partial charge on any atom is 0.383 e. The highest BCUT2D eigenvalue weighted by Crippen LogP contribution is 2.27. The number of nitrogens with one attached hydrogen (secondary N) is 1. The molecule has 0 aromatic carbocycles. The van der Waals surface area contributed by atoms with Gasteiger partial charge in [0.05, 0.1) is 0 Å². The zero-order valence-electron chi connectivity index (χ0n) is 9.01. The number of halogens is 4. The van der Waals surface area contributed by atoms with Gasteiger partial charge in [0, 0.05) is 25.2 Å². The molecule has 7 heteroatoms. The second-order valence-corrected chi connectivity index (χ2v) is 4.04. The van der Waals surface area contributed by atoms with Crippen LogP contribution >= 0.6 is 0 Å². The first kappa shape index (κ1) is 13.2. The lowest BCUT2D eigenvalue weighted by Crippen LogP contribution is -2.60. The van der Waals surface area contributed by atoms with Crippen molar-refractivity contribution in [2.45, 2.75) is 38.3 Å². The second-order valence-electron chi connectivity index (χ2n) is 4.04. The summed E-state index contributed by atoms with van der Waals surface area (Å²) in [4.78, 5) is 12.1. The summed E-state index contributed by atoms with van der Waals surface area (Å²) in [6.45, 7) is 3.58. The molecule has 0 aliphatic carbocycles. The smallest absolute Gasteiger partial charge is 0.332 e. The number of hydrogen-bond acceptors (Lipinski definition) is 2. The third-order valence-corrected chi connectivity index (χ3v) is 2.58. The van der Waals surface area contributed by atoms with Crippen molar-refractivity contribution in [1.29, 1.82) is 0 Å². The molecule has 2 atom stereocenters. The molecule has 1 aliphatic rings. The number of hydrogen-bond donors (Lipinski definition) is 1. The molecular weight excluding hydrogens is 228 g/mol. The summed E-state index contributed by atoms with van der Waals surface area (Å²) in [6, 6.07) is -0.679. The Labute approximate surface area is 90.8 Å². The zero-order valence-corrected chi connectivity index (χ0v) is 9.01. The van der Waals surface area contributed by atoms with Crippen LogP contribution in [0.2, 0.25) is 0 Å². The third-order valence-electron chi connectivity index (χ3n) is 2.58. The molecule has 0 aromatic rings. The van der Waals surface area contributed by atoms with Crippen molar-refractivity contribution in [3.05, 3.63) is 0 Å². The van der Waals surface area contributed by atoms with E-state index in [1.807, 2.05) is 0 Å². The van der Waals surface area contributed by atoms with Gasteiger partial charge in [-0.2, -0.15) is 8.78 Å². The number of carbonyl (C=O) groups is 1. The van der Waals surface area contributed by atoms with E-state index in [1.165, 1.54) is 0 Å². The standard InChI is InChI=1S/C9H14F4N2O/c1-5-4-15(6(2)3-14-5)8(16)9(12,13)7(10)11/h5-7,14H,3-4H2,1-2H3. The monoisotopic (exact) mass is 242 g/mol. The van der Waals surface area contributed by atoms with Gasteiger partial charge in [-0.3, -0.25) is 4.79 Å². The molecule has 0 radical (unpaired) electrons. The van der Waals surface area contributed by atoms with Gasteiger partial charge >= 0.3 is 12.3 Å². The predicted octanol–water partition coefficient (Wildman–Crippen LogP) is 1.10. The first-order chi connectivity index (χ1) is 7.26. The highest BCUT2D eigenvalue weighted by molar-refractivity contribution is 5.84. The quantitative estimate of drug-likeness (QED) is 0.735. The summed E-state index contributed by atoms with van der Waals surface area (Å²) in [5.41, 5.74) is 0. The van der Waals surface area contributed by atoms with Crippen molar-refractivity contribution in [2.75, 3.05) is 13.1 Å². The van der Waals surface area contributed by atoms with Gasteiger partial charge in [-0.25, -0.2) is 8.78 Å². The van der Waals surface area contributed by atoms with Gasteiger partial charge in [-0.1, -0.05) is 0 Å². The molecule has 0 bridgehead atoms. The average Bonchev–Trinajstić information content (AvgIpc) is 2.20. The van der Waals surface area contributed by atoms with E-state index in [-0.39, 0.29) is 12.6 Å². The van der Waals surface area contributed by atoms with E-state index >= 15 is 0 Å². The van der Waals surface area contributed by atoms with Crippen molar-refractivity contribution in [3.8, 4) is 0 Å². The lowest BCUT2D eigenvalue weighted by Gasteiger charge is -2.38. The fourth-order valence-electron chi connectivity index (χ4n) is 1.59. The molecule has 0 aromatic heterocycles. The Morgan fingerprint density at radius 3 is 2.50 bits per heavy atom. The normalized spacial score (nSPS) is 27.3. The predicted molar refractivity (Wildman–Crippen MR) is 49.6 cm³/mol. The molecule has 1 aliphatic heterocycles. The molecule has 94 valence electrons. The number of amides is 1. The van der Waals surface area contributed by atoms with Gasteiger partial charge in [-0.05, 0) is 13.8 Å². The lowest BCUT2D eigenvalue weighted by molar-refractivity contribution is -0.183. The summed E-state index contributed by atoms with van der Waals surface area (Å²) < 4.78 is 49.8. The van der Waals surface area contributed by atoms with Crippen LogP contribution in [0.5, 0.6) is 0 Å². The van der Waals surface area contributed by atoms with Crippen LogP contribution in [0.3, 0.4) is 0 Å². The zero-order chi connectivity index (χ0) is 12.5. The third kappa shape index (κ3) is 2.45. The Bertz CT molecular complexity index is 272. The minimum Gasteiger partial charge on any atom is -0.332 e. The fraction of sp³-hybridized carbons (Fsp3) is 0.889. The molecule has 1 N–H and O–H groups in total. The summed E-state index contributed by atoms with van der Waals surface area (Å²) in [5, 5.41) is 2.97. The maximum atomic E-state index is 12.9. The number of rotatable bonds is 2. The van der Waals surface area contributed by atoms with Gasteiger partial charge in [0.25, 0.3) is 5.91 Å². The van der Waals surface area contributed by atoms with Crippen LogP contribution in [0.1, 0.15) is 13.8 Å². The van der Waals surface area contributed by atoms with Crippen molar-refractivity contribution < 1.29 is 22.4 Å². The van der Waals surface area contributed by atoms with E-state index in [2.05, 4.69) is 5.32 Å². The van der Waals surface area contributed by atoms with Crippen LogP contribution in [0.25, 0.3) is 0 Å². The van der Waals surface area contributed by atoms with Crippen molar-refractivity contribution in [1.82, 2.24) is 10.2 Å². The summed E-state index contributed by atoms with van der Waals surface area (Å²) >= 11 is 0. The van der Waals surface area contributed by atoms with E-state index in [0.717, 1.165) is 4.90 Å². The van der Waals surface area contributed by atoms with E-state index in [0.29, 0.717) is 6.54 Å². The Hall–Kier alpha value is -0.850. The molecule has 2 unspecified atom stereocenters. The highest BCUT2D eigenvalue weighted by atomic mass is 19.3. The van der Waals surface area contributed by atoms with Crippen LogP contribution < -0.4 is 5.32 Å². The first-order valence-electron chi connectivity index (χ1n) is 4.97. The van der Waals surface area contributed by atoms with Gasteiger partial charge in [0.2, 0.25) is 0 Å². The Kier molecular flexibility index (Phi) is 3.77.